The second kappa shape index (κ2) is 10.5. The van der Waals surface area contributed by atoms with Crippen LogP contribution in [0.3, 0.4) is 0 Å². The highest BCUT2D eigenvalue weighted by molar-refractivity contribution is 5.89. The van der Waals surface area contributed by atoms with Crippen molar-refractivity contribution >= 4 is 22.8 Å². The highest BCUT2D eigenvalue weighted by Crippen LogP contribution is 2.25. The molecule has 2 aromatic carbocycles. The van der Waals surface area contributed by atoms with E-state index in [9.17, 15) is 9.59 Å². The average molecular weight is 474 g/mol. The first-order valence-electron chi connectivity index (χ1n) is 11.7. The van der Waals surface area contributed by atoms with Crippen LogP contribution in [-0.2, 0) is 27.4 Å². The van der Waals surface area contributed by atoms with E-state index in [4.69, 9.17) is 9.15 Å². The predicted molar refractivity (Wildman–Crippen MR) is 128 cm³/mol. The van der Waals surface area contributed by atoms with Gasteiger partial charge in [-0.25, -0.2) is 4.68 Å². The van der Waals surface area contributed by atoms with Crippen LogP contribution in [0.1, 0.15) is 30.2 Å². The van der Waals surface area contributed by atoms with Crippen LogP contribution in [0.4, 0.5) is 0 Å². The molecule has 1 N–H and O–H groups in total. The smallest absolute Gasteiger partial charge is 0.247 e. The fraction of sp³-hybridized carbons (Fsp3) is 0.308. The Morgan fingerprint density at radius 1 is 1.09 bits per heavy atom. The first kappa shape index (κ1) is 22.8. The number of carbonyl (C=O) groups is 2. The zero-order chi connectivity index (χ0) is 24.0. The van der Waals surface area contributed by atoms with Gasteiger partial charge in [0.05, 0.1) is 24.4 Å². The summed E-state index contributed by atoms with van der Waals surface area (Å²) in [7, 11) is 0. The number of nitrogens with zero attached hydrogens (tertiary/aromatic N) is 4. The molecule has 0 spiro atoms. The summed E-state index contributed by atoms with van der Waals surface area (Å²) >= 11 is 0. The van der Waals surface area contributed by atoms with Gasteiger partial charge >= 0.3 is 0 Å². The molecule has 0 bridgehead atoms. The van der Waals surface area contributed by atoms with Crippen LogP contribution in [0.25, 0.3) is 11.0 Å². The predicted octanol–water partition coefficient (Wildman–Crippen LogP) is 3.09. The lowest BCUT2D eigenvalue weighted by Crippen LogP contribution is -2.47. The average Bonchev–Trinajstić information content (AvgIpc) is 3.66. The minimum atomic E-state index is -0.836. The van der Waals surface area contributed by atoms with Crippen molar-refractivity contribution in [3.05, 3.63) is 84.3 Å². The molecule has 0 unspecified atom stereocenters. The molecule has 9 heteroatoms. The maximum atomic E-state index is 13.8. The molecule has 35 heavy (non-hydrogen) atoms. The van der Waals surface area contributed by atoms with Crippen molar-refractivity contribution in [3.63, 3.8) is 0 Å². The van der Waals surface area contributed by atoms with E-state index in [0.29, 0.717) is 24.4 Å². The number of benzene rings is 2. The molecule has 180 valence electrons. The van der Waals surface area contributed by atoms with Crippen molar-refractivity contribution in [1.82, 2.24) is 25.2 Å². The van der Waals surface area contributed by atoms with Gasteiger partial charge in [0.25, 0.3) is 0 Å². The third-order valence-electron chi connectivity index (χ3n) is 6.14. The summed E-state index contributed by atoms with van der Waals surface area (Å²) < 4.78 is 12.8. The van der Waals surface area contributed by atoms with Gasteiger partial charge in [0.2, 0.25) is 11.8 Å². The third-order valence-corrected chi connectivity index (χ3v) is 6.14. The normalized spacial score (nSPS) is 16.3. The second-order valence-corrected chi connectivity index (χ2v) is 8.53. The van der Waals surface area contributed by atoms with Gasteiger partial charge in [0.15, 0.2) is 0 Å². The van der Waals surface area contributed by atoms with E-state index in [-0.39, 0.29) is 31.0 Å². The van der Waals surface area contributed by atoms with Crippen LogP contribution in [0, 0.1) is 0 Å². The Labute approximate surface area is 202 Å². The molecule has 1 aliphatic rings. The Morgan fingerprint density at radius 3 is 2.69 bits per heavy atom. The molecule has 2 aromatic heterocycles. The second-order valence-electron chi connectivity index (χ2n) is 8.53. The number of hydrogen-bond donors (Lipinski definition) is 1. The van der Waals surface area contributed by atoms with E-state index in [1.165, 1.54) is 0 Å². The molecular weight excluding hydrogens is 446 g/mol. The Bertz CT molecular complexity index is 1270. The SMILES string of the molecule is O=C(NCc1ccco1)[C@H](c1ccccc1)N(C[C@H]1CCCO1)C(=O)Cn1nnc2ccccc21. The largest absolute Gasteiger partial charge is 0.467 e. The zero-order valence-corrected chi connectivity index (χ0v) is 19.2. The van der Waals surface area contributed by atoms with E-state index >= 15 is 0 Å². The van der Waals surface area contributed by atoms with Gasteiger partial charge < -0.3 is 19.4 Å². The quantitative estimate of drug-likeness (QED) is 0.401. The highest BCUT2D eigenvalue weighted by Gasteiger charge is 2.34. The van der Waals surface area contributed by atoms with E-state index in [2.05, 4.69) is 15.6 Å². The molecule has 0 aliphatic carbocycles. The monoisotopic (exact) mass is 473 g/mol. The maximum Gasteiger partial charge on any atom is 0.247 e. The molecule has 1 fully saturated rings. The van der Waals surface area contributed by atoms with Crippen LogP contribution < -0.4 is 5.32 Å². The Kier molecular flexibility index (Phi) is 6.85. The lowest BCUT2D eigenvalue weighted by molar-refractivity contribution is -0.143. The molecule has 0 saturated carbocycles. The highest BCUT2D eigenvalue weighted by atomic mass is 16.5. The minimum Gasteiger partial charge on any atom is -0.467 e. The number of nitrogens with one attached hydrogen (secondary N) is 1. The molecule has 2 amide bonds. The number of fused-ring (bicyclic) bond motifs is 1. The van der Waals surface area contributed by atoms with Crippen LogP contribution in [0.15, 0.2) is 77.4 Å². The van der Waals surface area contributed by atoms with E-state index in [1.54, 1.807) is 28.0 Å². The number of rotatable bonds is 9. The summed E-state index contributed by atoms with van der Waals surface area (Å²) in [5.74, 6) is 0.108. The zero-order valence-electron chi connectivity index (χ0n) is 19.2. The Morgan fingerprint density at radius 2 is 1.91 bits per heavy atom. The van der Waals surface area contributed by atoms with Gasteiger partial charge in [-0.05, 0) is 42.7 Å². The third kappa shape index (κ3) is 5.25. The lowest BCUT2D eigenvalue weighted by atomic mass is 10.0. The van der Waals surface area contributed by atoms with Crippen molar-refractivity contribution in [2.24, 2.45) is 0 Å². The van der Waals surface area contributed by atoms with Gasteiger partial charge in [-0.2, -0.15) is 0 Å². The van der Waals surface area contributed by atoms with E-state index in [1.807, 2.05) is 54.6 Å². The molecule has 3 heterocycles. The number of para-hydroxylation sites is 1. The molecular formula is C26H27N5O4. The summed E-state index contributed by atoms with van der Waals surface area (Å²) in [5.41, 5.74) is 2.19. The van der Waals surface area contributed by atoms with Crippen LogP contribution >= 0.6 is 0 Å². The summed E-state index contributed by atoms with van der Waals surface area (Å²) in [6.45, 7) is 1.15. The molecule has 0 radical (unpaired) electrons. The van der Waals surface area contributed by atoms with Crippen LogP contribution in [0.2, 0.25) is 0 Å². The number of aromatic nitrogens is 3. The lowest BCUT2D eigenvalue weighted by Gasteiger charge is -2.33. The first-order valence-corrected chi connectivity index (χ1v) is 11.7. The van der Waals surface area contributed by atoms with Crippen molar-refractivity contribution in [3.8, 4) is 0 Å². The molecule has 4 aromatic rings. The van der Waals surface area contributed by atoms with Gasteiger partial charge in [0, 0.05) is 13.2 Å². The Balaban J connectivity index is 1.45. The van der Waals surface area contributed by atoms with Crippen molar-refractivity contribution in [2.75, 3.05) is 13.2 Å². The summed E-state index contributed by atoms with van der Waals surface area (Å²) in [4.78, 5) is 28.9. The number of carbonyl (C=O) groups excluding carboxylic acids is 2. The van der Waals surface area contributed by atoms with Crippen LogP contribution in [-0.4, -0.2) is 51.0 Å². The molecule has 5 rings (SSSR count). The molecule has 1 aliphatic heterocycles. The van der Waals surface area contributed by atoms with E-state index < -0.39 is 6.04 Å². The molecule has 1 saturated heterocycles. The van der Waals surface area contributed by atoms with Gasteiger partial charge in [-0.15, -0.1) is 5.10 Å². The topological polar surface area (TPSA) is 102 Å². The Hall–Kier alpha value is -3.98. The standard InChI is InChI=1S/C26H27N5O4/c32-24(18-31-23-13-5-4-12-22(23)28-29-31)30(17-21-11-7-15-35-21)25(19-8-2-1-3-9-19)26(33)27-16-20-10-6-14-34-20/h1-6,8-10,12-14,21,25H,7,11,15-18H2,(H,27,33)/t21-,25+/m1/s1. The summed E-state index contributed by atoms with van der Waals surface area (Å²) in [6, 6.07) is 19.5. The summed E-state index contributed by atoms with van der Waals surface area (Å²) in [5, 5.41) is 11.3. The summed E-state index contributed by atoms with van der Waals surface area (Å²) in [6.07, 6.45) is 3.20. The molecule has 2 atom stereocenters. The fourth-order valence-corrected chi connectivity index (χ4v) is 4.40. The van der Waals surface area contributed by atoms with Crippen molar-refractivity contribution in [2.45, 2.75) is 38.1 Å². The van der Waals surface area contributed by atoms with Gasteiger partial charge in [-0.3, -0.25) is 9.59 Å². The maximum absolute atomic E-state index is 13.8. The first-order chi connectivity index (χ1) is 17.2. The number of amides is 2. The number of hydrogen-bond acceptors (Lipinski definition) is 6. The number of furan rings is 1. The van der Waals surface area contributed by atoms with E-state index in [0.717, 1.165) is 23.9 Å². The van der Waals surface area contributed by atoms with Crippen molar-refractivity contribution in [1.29, 1.82) is 0 Å². The minimum absolute atomic E-state index is 0.0397. The van der Waals surface area contributed by atoms with Gasteiger partial charge in [0.1, 0.15) is 23.9 Å². The molecule has 9 nitrogen and oxygen atoms in total. The number of ether oxygens (including phenoxy) is 1. The van der Waals surface area contributed by atoms with Crippen LogP contribution in [0.5, 0.6) is 0 Å². The van der Waals surface area contributed by atoms with Gasteiger partial charge in [-0.1, -0.05) is 47.7 Å². The van der Waals surface area contributed by atoms with Crippen molar-refractivity contribution < 1.29 is 18.7 Å². The fourth-order valence-electron chi connectivity index (χ4n) is 4.40.